The summed E-state index contributed by atoms with van der Waals surface area (Å²) in [5, 5.41) is 0. The van der Waals surface area contributed by atoms with Gasteiger partial charge in [-0.2, -0.15) is 0 Å². The fourth-order valence-corrected chi connectivity index (χ4v) is 5.22. The third-order valence-electron chi connectivity index (χ3n) is 5.32. The molecule has 2 aromatic carbocycles. The third kappa shape index (κ3) is 2.83. The maximum absolute atomic E-state index is 13.9. The number of benzene rings is 2. The van der Waals surface area contributed by atoms with E-state index in [1.54, 1.807) is 12.1 Å². The van der Waals surface area contributed by atoms with Gasteiger partial charge in [0, 0.05) is 20.8 Å². The van der Waals surface area contributed by atoms with Gasteiger partial charge in [-0.15, -0.1) is 0 Å². The average molecular weight is 466 g/mol. The molecule has 2 aromatic rings. The summed E-state index contributed by atoms with van der Waals surface area (Å²) in [5.74, 6) is -0.176. The molecular weight excluding hydrogens is 450 g/mol. The van der Waals surface area contributed by atoms with Gasteiger partial charge in [0.1, 0.15) is 11.6 Å². The molecule has 2 aliphatic carbocycles. The van der Waals surface area contributed by atoms with Crippen LogP contribution in [-0.2, 0) is 0 Å². The Hall–Kier alpha value is -1.26. The number of fused-ring (bicyclic) bond motifs is 2. The van der Waals surface area contributed by atoms with E-state index in [-0.39, 0.29) is 23.5 Å². The van der Waals surface area contributed by atoms with E-state index in [1.807, 2.05) is 0 Å². The van der Waals surface area contributed by atoms with Gasteiger partial charge in [0.25, 0.3) is 0 Å². The third-order valence-corrected chi connectivity index (χ3v) is 6.63. The topological polar surface area (TPSA) is 0 Å². The first-order valence-electron chi connectivity index (χ1n) is 8.19. The fraction of sp³-hybridized carbons (Fsp3) is 0.238. The Morgan fingerprint density at radius 3 is 1.56 bits per heavy atom. The number of rotatable bonds is 2. The van der Waals surface area contributed by atoms with Crippen LogP contribution < -0.4 is 0 Å². The van der Waals surface area contributed by atoms with Gasteiger partial charge in [-0.25, -0.2) is 8.78 Å². The second-order valence-electron chi connectivity index (χ2n) is 6.90. The summed E-state index contributed by atoms with van der Waals surface area (Å²) < 4.78 is 29.5. The van der Waals surface area contributed by atoms with Gasteiger partial charge in [-0.05, 0) is 66.8 Å². The Morgan fingerprint density at radius 1 is 0.760 bits per heavy atom. The SMILES string of the molecule is CC1=Cc2c(Br)cc(F)cc2C1CC1C(C)=Cc2c(Br)cc(F)cc21. The lowest BCUT2D eigenvalue weighted by atomic mass is 9.82. The predicted molar refractivity (Wildman–Crippen MR) is 106 cm³/mol. The van der Waals surface area contributed by atoms with Crippen LogP contribution in [0.15, 0.2) is 44.4 Å². The van der Waals surface area contributed by atoms with Gasteiger partial charge in [0.15, 0.2) is 0 Å². The number of halogens is 4. The van der Waals surface area contributed by atoms with E-state index < -0.39 is 0 Å². The zero-order valence-corrected chi connectivity index (χ0v) is 17.0. The molecule has 0 radical (unpaired) electrons. The Bertz CT molecular complexity index is 879. The van der Waals surface area contributed by atoms with E-state index >= 15 is 0 Å². The molecule has 0 fully saturated rings. The second-order valence-corrected chi connectivity index (χ2v) is 8.61. The van der Waals surface area contributed by atoms with Crippen LogP contribution in [0.1, 0.15) is 54.4 Å². The largest absolute Gasteiger partial charge is 0.207 e. The first-order valence-corrected chi connectivity index (χ1v) is 9.78. The molecule has 0 spiro atoms. The summed E-state index contributed by atoms with van der Waals surface area (Å²) in [6.45, 7) is 4.18. The molecule has 0 saturated heterocycles. The van der Waals surface area contributed by atoms with E-state index in [4.69, 9.17) is 0 Å². The van der Waals surface area contributed by atoms with Crippen LogP contribution in [0.2, 0.25) is 0 Å². The summed E-state index contributed by atoms with van der Waals surface area (Å²) in [4.78, 5) is 0. The molecule has 0 heterocycles. The van der Waals surface area contributed by atoms with Crippen LogP contribution in [0, 0.1) is 11.6 Å². The molecular formula is C21H16Br2F2. The minimum atomic E-state index is -0.230. The van der Waals surface area contributed by atoms with Crippen molar-refractivity contribution in [3.63, 3.8) is 0 Å². The minimum absolute atomic E-state index is 0.142. The highest BCUT2D eigenvalue weighted by Gasteiger charge is 2.32. The molecule has 0 amide bonds. The van der Waals surface area contributed by atoms with E-state index in [0.29, 0.717) is 0 Å². The standard InChI is InChI=1S/C21H16Br2F2/c1-10-3-18-16(5-12(24)7-20(18)22)14(10)9-15-11(2)4-19-17(15)6-13(25)8-21(19)23/h3-8,14-15H,9H2,1-2H3. The van der Waals surface area contributed by atoms with Crippen molar-refractivity contribution in [1.82, 2.24) is 0 Å². The first kappa shape index (κ1) is 17.2. The highest BCUT2D eigenvalue weighted by Crippen LogP contribution is 2.49. The number of hydrogen-bond acceptors (Lipinski definition) is 0. The summed E-state index contributed by atoms with van der Waals surface area (Å²) in [7, 11) is 0. The number of allylic oxidation sites excluding steroid dienone is 2. The van der Waals surface area contributed by atoms with Crippen molar-refractivity contribution in [3.05, 3.63) is 78.2 Å². The van der Waals surface area contributed by atoms with Crippen molar-refractivity contribution in [1.29, 1.82) is 0 Å². The zero-order chi connectivity index (χ0) is 17.9. The van der Waals surface area contributed by atoms with Gasteiger partial charge >= 0.3 is 0 Å². The quantitative estimate of drug-likeness (QED) is 0.428. The summed E-state index contributed by atoms with van der Waals surface area (Å²) >= 11 is 6.94. The van der Waals surface area contributed by atoms with Crippen LogP contribution in [-0.4, -0.2) is 0 Å². The molecule has 25 heavy (non-hydrogen) atoms. The van der Waals surface area contributed by atoms with Gasteiger partial charge in [-0.3, -0.25) is 0 Å². The molecule has 0 saturated carbocycles. The van der Waals surface area contributed by atoms with Crippen molar-refractivity contribution in [2.24, 2.45) is 0 Å². The Balaban J connectivity index is 1.75. The molecule has 0 aliphatic heterocycles. The van der Waals surface area contributed by atoms with E-state index in [0.717, 1.165) is 37.6 Å². The zero-order valence-electron chi connectivity index (χ0n) is 13.8. The molecule has 2 unspecified atom stereocenters. The van der Waals surface area contributed by atoms with E-state index in [2.05, 4.69) is 57.9 Å². The average Bonchev–Trinajstić information content (AvgIpc) is 3.00. The van der Waals surface area contributed by atoms with E-state index in [9.17, 15) is 8.78 Å². The Labute approximate surface area is 162 Å². The maximum Gasteiger partial charge on any atom is 0.124 e. The molecule has 2 atom stereocenters. The Kier molecular flexibility index (Phi) is 4.24. The van der Waals surface area contributed by atoms with Crippen LogP contribution >= 0.6 is 31.9 Å². The lowest BCUT2D eigenvalue weighted by Crippen LogP contribution is -2.07. The van der Waals surface area contributed by atoms with Crippen LogP contribution in [0.4, 0.5) is 8.78 Å². The molecule has 0 nitrogen and oxygen atoms in total. The Morgan fingerprint density at radius 2 is 1.16 bits per heavy atom. The highest BCUT2D eigenvalue weighted by molar-refractivity contribution is 9.10. The maximum atomic E-state index is 13.9. The molecule has 128 valence electrons. The smallest absolute Gasteiger partial charge is 0.124 e. The summed E-state index contributed by atoms with van der Waals surface area (Å²) in [6, 6.07) is 6.28. The van der Waals surface area contributed by atoms with Crippen molar-refractivity contribution >= 4 is 44.0 Å². The molecule has 0 bridgehead atoms. The van der Waals surface area contributed by atoms with Crippen molar-refractivity contribution < 1.29 is 8.78 Å². The summed E-state index contributed by atoms with van der Waals surface area (Å²) in [5.41, 5.74) is 6.59. The predicted octanol–water partition coefficient (Wildman–Crippen LogP) is 7.58. The summed E-state index contributed by atoms with van der Waals surface area (Å²) in [6.07, 6.45) is 5.07. The second kappa shape index (κ2) is 6.17. The van der Waals surface area contributed by atoms with Crippen molar-refractivity contribution in [3.8, 4) is 0 Å². The minimum Gasteiger partial charge on any atom is -0.207 e. The van der Waals surface area contributed by atoms with Crippen LogP contribution in [0.5, 0.6) is 0 Å². The van der Waals surface area contributed by atoms with Gasteiger partial charge in [0.2, 0.25) is 0 Å². The van der Waals surface area contributed by atoms with Crippen molar-refractivity contribution in [2.45, 2.75) is 32.1 Å². The van der Waals surface area contributed by atoms with Gasteiger partial charge in [0.05, 0.1) is 0 Å². The molecule has 4 heteroatoms. The lowest BCUT2D eigenvalue weighted by Gasteiger charge is -2.22. The number of hydrogen-bond donors (Lipinski definition) is 0. The monoisotopic (exact) mass is 464 g/mol. The highest BCUT2D eigenvalue weighted by atomic mass is 79.9. The van der Waals surface area contributed by atoms with Gasteiger partial charge in [-0.1, -0.05) is 55.2 Å². The van der Waals surface area contributed by atoms with Crippen LogP contribution in [0.25, 0.3) is 12.2 Å². The van der Waals surface area contributed by atoms with Gasteiger partial charge < -0.3 is 0 Å². The van der Waals surface area contributed by atoms with Crippen LogP contribution in [0.3, 0.4) is 0 Å². The molecule has 2 aliphatic rings. The molecule has 4 rings (SSSR count). The molecule has 0 aromatic heterocycles. The van der Waals surface area contributed by atoms with E-state index in [1.165, 1.54) is 23.3 Å². The lowest BCUT2D eigenvalue weighted by molar-refractivity contribution is 0.602. The molecule has 0 N–H and O–H groups in total. The first-order chi connectivity index (χ1) is 11.8. The van der Waals surface area contributed by atoms with Crippen molar-refractivity contribution in [2.75, 3.05) is 0 Å². The normalized spacial score (nSPS) is 21.0. The fourth-order valence-electron chi connectivity index (χ4n) is 4.10.